The van der Waals surface area contributed by atoms with Crippen molar-refractivity contribution < 1.29 is 9.53 Å². The summed E-state index contributed by atoms with van der Waals surface area (Å²) < 4.78 is 5.31. The van der Waals surface area contributed by atoms with Crippen LogP contribution in [-0.4, -0.2) is 54.5 Å². The number of benzene rings is 1. The number of anilines is 1. The molecule has 1 atom stereocenters. The normalized spacial score (nSPS) is 17.1. The Labute approximate surface area is 183 Å². The summed E-state index contributed by atoms with van der Waals surface area (Å²) in [5.41, 5.74) is 1.71. The molecule has 1 saturated heterocycles. The van der Waals surface area contributed by atoms with Gasteiger partial charge in [0.25, 0.3) is 0 Å². The number of halogens is 1. The van der Waals surface area contributed by atoms with Gasteiger partial charge in [0.15, 0.2) is 5.96 Å². The zero-order valence-corrected chi connectivity index (χ0v) is 19.7. The molecule has 1 aromatic carbocycles. The van der Waals surface area contributed by atoms with Crippen LogP contribution in [0.25, 0.3) is 0 Å². The predicted octanol–water partition coefficient (Wildman–Crippen LogP) is 3.56. The van der Waals surface area contributed by atoms with Crippen LogP contribution in [0.2, 0.25) is 0 Å². The largest absolute Gasteiger partial charge is 0.495 e. The lowest BCUT2D eigenvalue weighted by molar-refractivity contribution is -0.114. The third-order valence-corrected chi connectivity index (χ3v) is 5.59. The van der Waals surface area contributed by atoms with Crippen LogP contribution < -0.4 is 15.4 Å². The molecule has 0 bridgehead atoms. The summed E-state index contributed by atoms with van der Waals surface area (Å²) >= 11 is 2.05. The standard InChI is InChI=1S/C19H30N4O2S.HI/c1-5-16-13-23(9-10-26-16)19(20-6-2)21-12-15-7-8-18(25-4)17(11-15)22-14(3)24;/h7-8,11,16H,5-6,9-10,12-13H2,1-4H3,(H,20,21)(H,22,24);1H. The van der Waals surface area contributed by atoms with E-state index < -0.39 is 0 Å². The third-order valence-electron chi connectivity index (χ3n) is 4.21. The molecule has 152 valence electrons. The molecule has 6 nitrogen and oxygen atoms in total. The Balaban J connectivity index is 0.00000364. The number of guanidine groups is 1. The maximum absolute atomic E-state index is 11.4. The predicted molar refractivity (Wildman–Crippen MR) is 126 cm³/mol. The van der Waals surface area contributed by atoms with Gasteiger partial charge in [-0.3, -0.25) is 4.79 Å². The minimum absolute atomic E-state index is 0. The second-order valence-electron chi connectivity index (χ2n) is 6.23. The van der Waals surface area contributed by atoms with Gasteiger partial charge >= 0.3 is 0 Å². The molecular weight excluding hydrogens is 475 g/mol. The number of aliphatic imine (C=N–C) groups is 1. The lowest BCUT2D eigenvalue weighted by Gasteiger charge is -2.34. The van der Waals surface area contributed by atoms with E-state index in [0.29, 0.717) is 23.2 Å². The van der Waals surface area contributed by atoms with E-state index >= 15 is 0 Å². The molecule has 0 aliphatic carbocycles. The van der Waals surface area contributed by atoms with Crippen molar-refractivity contribution >= 4 is 53.3 Å². The summed E-state index contributed by atoms with van der Waals surface area (Å²) in [4.78, 5) is 18.6. The molecule has 27 heavy (non-hydrogen) atoms. The van der Waals surface area contributed by atoms with Crippen LogP contribution in [0.3, 0.4) is 0 Å². The lowest BCUT2D eigenvalue weighted by Crippen LogP contribution is -2.48. The molecule has 1 aromatic rings. The Kier molecular flexibility index (Phi) is 10.9. The highest BCUT2D eigenvalue weighted by Crippen LogP contribution is 2.26. The number of nitrogens with one attached hydrogen (secondary N) is 2. The van der Waals surface area contributed by atoms with E-state index in [1.807, 2.05) is 18.2 Å². The first kappa shape index (κ1) is 23.9. The van der Waals surface area contributed by atoms with Gasteiger partial charge in [-0.15, -0.1) is 24.0 Å². The number of thioether (sulfide) groups is 1. The molecule has 1 aliphatic rings. The van der Waals surface area contributed by atoms with E-state index in [4.69, 9.17) is 9.73 Å². The first-order valence-electron chi connectivity index (χ1n) is 9.16. The Morgan fingerprint density at radius 2 is 2.19 bits per heavy atom. The maximum atomic E-state index is 11.4. The number of hydrogen-bond donors (Lipinski definition) is 2. The van der Waals surface area contributed by atoms with Gasteiger partial charge in [-0.05, 0) is 31.0 Å². The topological polar surface area (TPSA) is 66.0 Å². The highest BCUT2D eigenvalue weighted by Gasteiger charge is 2.21. The van der Waals surface area contributed by atoms with Crippen LogP contribution in [0.1, 0.15) is 32.8 Å². The van der Waals surface area contributed by atoms with Gasteiger partial charge in [-0.1, -0.05) is 13.0 Å². The van der Waals surface area contributed by atoms with Crippen molar-refractivity contribution in [3.05, 3.63) is 23.8 Å². The number of rotatable bonds is 6. The highest BCUT2D eigenvalue weighted by atomic mass is 127. The number of methoxy groups -OCH3 is 1. The van der Waals surface area contributed by atoms with Gasteiger partial charge in [-0.25, -0.2) is 4.99 Å². The highest BCUT2D eigenvalue weighted by molar-refractivity contribution is 14.0. The quantitative estimate of drug-likeness (QED) is 0.351. The van der Waals surface area contributed by atoms with Gasteiger partial charge in [0.2, 0.25) is 5.91 Å². The van der Waals surface area contributed by atoms with Crippen LogP contribution in [0.4, 0.5) is 5.69 Å². The van der Waals surface area contributed by atoms with E-state index in [2.05, 4.69) is 41.1 Å². The minimum atomic E-state index is -0.117. The second-order valence-corrected chi connectivity index (χ2v) is 7.64. The van der Waals surface area contributed by atoms with Crippen molar-refractivity contribution in [2.45, 2.75) is 39.0 Å². The van der Waals surface area contributed by atoms with Gasteiger partial charge in [0.05, 0.1) is 19.3 Å². The number of hydrogen-bond acceptors (Lipinski definition) is 4. The molecule has 1 amide bonds. The number of carbonyl (C=O) groups is 1. The van der Waals surface area contributed by atoms with Crippen LogP contribution in [0, 0.1) is 0 Å². The Bertz CT molecular complexity index is 642. The zero-order chi connectivity index (χ0) is 18.9. The van der Waals surface area contributed by atoms with Gasteiger partial charge in [0, 0.05) is 37.6 Å². The van der Waals surface area contributed by atoms with E-state index in [9.17, 15) is 4.79 Å². The fourth-order valence-electron chi connectivity index (χ4n) is 2.89. The molecule has 2 N–H and O–H groups in total. The molecule has 8 heteroatoms. The van der Waals surface area contributed by atoms with Crippen molar-refractivity contribution in [2.75, 3.05) is 37.8 Å². The molecule has 2 rings (SSSR count). The van der Waals surface area contributed by atoms with E-state index in [0.717, 1.165) is 36.9 Å². The van der Waals surface area contributed by atoms with Crippen LogP contribution in [0.5, 0.6) is 5.75 Å². The van der Waals surface area contributed by atoms with Crippen molar-refractivity contribution in [2.24, 2.45) is 4.99 Å². The molecule has 0 spiro atoms. The van der Waals surface area contributed by atoms with Gasteiger partial charge in [-0.2, -0.15) is 11.8 Å². The molecule has 0 aromatic heterocycles. The van der Waals surface area contributed by atoms with Crippen LogP contribution in [-0.2, 0) is 11.3 Å². The fraction of sp³-hybridized carbons (Fsp3) is 0.579. The average Bonchev–Trinajstić information content (AvgIpc) is 2.65. The molecule has 1 heterocycles. The summed E-state index contributed by atoms with van der Waals surface area (Å²) in [7, 11) is 1.60. The number of ether oxygens (including phenoxy) is 1. The maximum Gasteiger partial charge on any atom is 0.221 e. The second kappa shape index (κ2) is 12.3. The fourth-order valence-corrected chi connectivity index (χ4v) is 4.07. The molecule has 0 radical (unpaired) electrons. The summed E-state index contributed by atoms with van der Waals surface area (Å²) in [6, 6.07) is 5.78. The molecule has 0 saturated carbocycles. The number of carbonyl (C=O) groups excluding carboxylic acids is 1. The minimum Gasteiger partial charge on any atom is -0.495 e. The molecule has 1 fully saturated rings. The number of nitrogens with zero attached hydrogens (tertiary/aromatic N) is 2. The Morgan fingerprint density at radius 3 is 2.81 bits per heavy atom. The third kappa shape index (κ3) is 7.40. The van der Waals surface area contributed by atoms with Crippen LogP contribution in [0.15, 0.2) is 23.2 Å². The first-order valence-corrected chi connectivity index (χ1v) is 10.2. The number of amides is 1. The van der Waals surface area contributed by atoms with Crippen LogP contribution >= 0.6 is 35.7 Å². The van der Waals surface area contributed by atoms with E-state index in [1.165, 1.54) is 13.3 Å². The van der Waals surface area contributed by atoms with Gasteiger partial charge < -0.3 is 20.3 Å². The van der Waals surface area contributed by atoms with E-state index in [-0.39, 0.29) is 29.9 Å². The lowest BCUT2D eigenvalue weighted by atomic mass is 10.2. The average molecular weight is 506 g/mol. The molecule has 1 aliphatic heterocycles. The van der Waals surface area contributed by atoms with E-state index in [1.54, 1.807) is 7.11 Å². The summed E-state index contributed by atoms with van der Waals surface area (Å²) in [6.45, 7) is 9.28. The smallest absolute Gasteiger partial charge is 0.221 e. The summed E-state index contributed by atoms with van der Waals surface area (Å²) in [5.74, 6) is 2.63. The SMILES string of the molecule is CCNC(=NCc1ccc(OC)c(NC(C)=O)c1)N1CCSC(CC)C1.I. The van der Waals surface area contributed by atoms with Crippen molar-refractivity contribution in [1.29, 1.82) is 0 Å². The first-order chi connectivity index (χ1) is 12.6. The summed E-state index contributed by atoms with van der Waals surface area (Å²) in [6.07, 6.45) is 1.18. The van der Waals surface area contributed by atoms with Crippen molar-refractivity contribution in [1.82, 2.24) is 10.2 Å². The van der Waals surface area contributed by atoms with Crippen molar-refractivity contribution in [3.8, 4) is 5.75 Å². The van der Waals surface area contributed by atoms with Gasteiger partial charge in [0.1, 0.15) is 5.75 Å². The Morgan fingerprint density at radius 1 is 1.41 bits per heavy atom. The zero-order valence-electron chi connectivity index (χ0n) is 16.6. The molecule has 1 unspecified atom stereocenters. The Hall–Kier alpha value is -1.16. The monoisotopic (exact) mass is 506 g/mol. The summed E-state index contributed by atoms with van der Waals surface area (Å²) in [5, 5.41) is 6.89. The van der Waals surface area contributed by atoms with Crippen molar-refractivity contribution in [3.63, 3.8) is 0 Å². The molecular formula is C19H31IN4O2S.